The first-order chi connectivity index (χ1) is 14.9. The number of hydrogen-bond acceptors (Lipinski definition) is 5. The minimum absolute atomic E-state index is 0.00891. The number of aromatic nitrogens is 2. The molecule has 0 spiro atoms. The number of anilines is 1. The number of nitrogens with zero attached hydrogens (tertiary/aromatic N) is 4. The molecular weight excluding hydrogens is 392 g/mol. The molecule has 1 unspecified atom stereocenters. The molecule has 2 aliphatic heterocycles. The van der Waals surface area contributed by atoms with Crippen LogP contribution < -0.4 is 9.64 Å². The molecule has 1 aromatic carbocycles. The topological polar surface area (TPSA) is 75.6 Å². The summed E-state index contributed by atoms with van der Waals surface area (Å²) in [4.78, 5) is 38.9. The van der Waals surface area contributed by atoms with E-state index in [1.807, 2.05) is 36.1 Å². The van der Waals surface area contributed by atoms with Crippen LogP contribution >= 0.6 is 0 Å². The number of ether oxygens (including phenoxy) is 1. The van der Waals surface area contributed by atoms with Crippen LogP contribution in [0.3, 0.4) is 0 Å². The Morgan fingerprint density at radius 1 is 1.26 bits per heavy atom. The van der Waals surface area contributed by atoms with Crippen LogP contribution in [0, 0.1) is 12.8 Å². The summed E-state index contributed by atoms with van der Waals surface area (Å²) in [7, 11) is 1.63. The molecule has 164 valence electrons. The SMILES string of the molecule is COc1ccccc1CN1C(=O)Cc2c(C)nc(C3CCCN3C(=O)CC(C)C)nc21. The van der Waals surface area contributed by atoms with Crippen molar-refractivity contribution in [3.63, 3.8) is 0 Å². The van der Waals surface area contributed by atoms with E-state index in [0.29, 0.717) is 36.9 Å². The molecule has 1 fully saturated rings. The van der Waals surface area contributed by atoms with Crippen LogP contribution in [0.15, 0.2) is 24.3 Å². The summed E-state index contributed by atoms with van der Waals surface area (Å²) >= 11 is 0. The molecule has 31 heavy (non-hydrogen) atoms. The van der Waals surface area contributed by atoms with Crippen molar-refractivity contribution in [2.75, 3.05) is 18.6 Å². The lowest BCUT2D eigenvalue weighted by atomic mass is 10.1. The number of methoxy groups -OCH3 is 1. The van der Waals surface area contributed by atoms with Crippen LogP contribution in [0.2, 0.25) is 0 Å². The van der Waals surface area contributed by atoms with Gasteiger partial charge in [-0.05, 0) is 31.7 Å². The third-order valence-electron chi connectivity index (χ3n) is 6.07. The zero-order chi connectivity index (χ0) is 22.1. The number of likely N-dealkylation sites (tertiary alicyclic amines) is 1. The molecule has 0 N–H and O–H groups in total. The highest BCUT2D eigenvalue weighted by Gasteiger charge is 2.36. The Morgan fingerprint density at radius 3 is 2.77 bits per heavy atom. The van der Waals surface area contributed by atoms with Crippen LogP contribution in [0.1, 0.15) is 61.8 Å². The monoisotopic (exact) mass is 422 g/mol. The Morgan fingerprint density at radius 2 is 2.03 bits per heavy atom. The van der Waals surface area contributed by atoms with Gasteiger partial charge < -0.3 is 9.64 Å². The summed E-state index contributed by atoms with van der Waals surface area (Å²) in [6.07, 6.45) is 2.62. The molecule has 1 aromatic heterocycles. The molecule has 3 heterocycles. The summed E-state index contributed by atoms with van der Waals surface area (Å²) in [5, 5.41) is 0. The number of carbonyl (C=O) groups excluding carboxylic acids is 2. The second-order valence-electron chi connectivity index (χ2n) is 8.78. The summed E-state index contributed by atoms with van der Waals surface area (Å²) in [5.41, 5.74) is 2.62. The van der Waals surface area contributed by atoms with Gasteiger partial charge in [0.1, 0.15) is 11.6 Å². The fraction of sp³-hybridized carbons (Fsp3) is 0.500. The molecule has 2 aliphatic rings. The highest BCUT2D eigenvalue weighted by Crippen LogP contribution is 2.36. The summed E-state index contributed by atoms with van der Waals surface area (Å²) in [6, 6.07) is 7.58. The van der Waals surface area contributed by atoms with Gasteiger partial charge in [-0.1, -0.05) is 32.0 Å². The van der Waals surface area contributed by atoms with E-state index in [4.69, 9.17) is 14.7 Å². The van der Waals surface area contributed by atoms with Gasteiger partial charge in [-0.3, -0.25) is 14.5 Å². The fourth-order valence-corrected chi connectivity index (χ4v) is 4.51. The zero-order valence-electron chi connectivity index (χ0n) is 18.7. The van der Waals surface area contributed by atoms with Crippen molar-refractivity contribution in [3.05, 3.63) is 46.9 Å². The Hall–Kier alpha value is -2.96. The number of para-hydroxylation sites is 1. The van der Waals surface area contributed by atoms with Crippen LogP contribution in [-0.4, -0.2) is 40.3 Å². The first-order valence-corrected chi connectivity index (χ1v) is 11.0. The quantitative estimate of drug-likeness (QED) is 0.711. The van der Waals surface area contributed by atoms with Crippen molar-refractivity contribution in [3.8, 4) is 5.75 Å². The Kier molecular flexibility index (Phi) is 5.94. The van der Waals surface area contributed by atoms with E-state index in [-0.39, 0.29) is 17.9 Å². The molecular formula is C24H30N4O3. The van der Waals surface area contributed by atoms with Gasteiger partial charge in [0.05, 0.1) is 26.1 Å². The summed E-state index contributed by atoms with van der Waals surface area (Å²) < 4.78 is 5.46. The first-order valence-electron chi connectivity index (χ1n) is 11.0. The standard InChI is InChI=1S/C24H30N4O3/c1-15(2)12-21(29)27-11-7-9-19(27)23-25-16(3)18-13-22(30)28(24(18)26-23)14-17-8-5-6-10-20(17)31-4/h5-6,8,10,15,19H,7,9,11-14H2,1-4H3. The number of fused-ring (bicyclic) bond motifs is 1. The lowest BCUT2D eigenvalue weighted by Gasteiger charge is -2.26. The molecule has 4 rings (SSSR count). The van der Waals surface area contributed by atoms with E-state index in [1.165, 1.54) is 0 Å². The number of amides is 2. The maximum absolute atomic E-state index is 12.9. The van der Waals surface area contributed by atoms with Crippen molar-refractivity contribution in [1.29, 1.82) is 0 Å². The van der Waals surface area contributed by atoms with E-state index >= 15 is 0 Å². The summed E-state index contributed by atoms with van der Waals surface area (Å²) in [5.74, 6) is 2.53. The second-order valence-corrected chi connectivity index (χ2v) is 8.78. The molecule has 2 aromatic rings. The highest BCUT2D eigenvalue weighted by atomic mass is 16.5. The molecule has 1 saturated heterocycles. The Balaban J connectivity index is 1.66. The largest absolute Gasteiger partial charge is 0.496 e. The van der Waals surface area contributed by atoms with Crippen LogP contribution in [-0.2, 0) is 22.6 Å². The third kappa shape index (κ3) is 4.13. The Labute approximate surface area is 183 Å². The molecule has 0 bridgehead atoms. The van der Waals surface area contributed by atoms with E-state index < -0.39 is 0 Å². The van der Waals surface area contributed by atoms with Crippen LogP contribution in [0.25, 0.3) is 0 Å². The number of benzene rings is 1. The first kappa shape index (κ1) is 21.3. The molecule has 7 heteroatoms. The molecule has 1 atom stereocenters. The minimum Gasteiger partial charge on any atom is -0.496 e. The molecule has 2 amide bonds. The summed E-state index contributed by atoms with van der Waals surface area (Å²) in [6.45, 7) is 7.17. The Bertz CT molecular complexity index is 1000. The predicted molar refractivity (Wildman–Crippen MR) is 118 cm³/mol. The second kappa shape index (κ2) is 8.65. The smallest absolute Gasteiger partial charge is 0.233 e. The fourth-order valence-electron chi connectivity index (χ4n) is 4.51. The van der Waals surface area contributed by atoms with Crippen molar-refractivity contribution in [1.82, 2.24) is 14.9 Å². The maximum atomic E-state index is 12.9. The normalized spacial score (nSPS) is 18.1. The number of aryl methyl sites for hydroxylation is 1. The number of carbonyl (C=O) groups is 2. The van der Waals surface area contributed by atoms with E-state index in [0.717, 1.165) is 42.0 Å². The van der Waals surface area contributed by atoms with Gasteiger partial charge in [-0.25, -0.2) is 9.97 Å². The van der Waals surface area contributed by atoms with Crippen molar-refractivity contribution in [2.45, 2.75) is 59.0 Å². The number of hydrogen-bond donors (Lipinski definition) is 0. The van der Waals surface area contributed by atoms with Gasteiger partial charge >= 0.3 is 0 Å². The van der Waals surface area contributed by atoms with Crippen molar-refractivity contribution in [2.24, 2.45) is 5.92 Å². The molecule has 0 radical (unpaired) electrons. The van der Waals surface area contributed by atoms with E-state index in [1.54, 1.807) is 12.0 Å². The lowest BCUT2D eigenvalue weighted by Crippen LogP contribution is -2.33. The predicted octanol–water partition coefficient (Wildman–Crippen LogP) is 3.59. The average Bonchev–Trinajstić information content (AvgIpc) is 3.34. The highest BCUT2D eigenvalue weighted by molar-refractivity contribution is 6.00. The third-order valence-corrected chi connectivity index (χ3v) is 6.07. The minimum atomic E-state index is -0.126. The van der Waals surface area contributed by atoms with Gasteiger partial charge in [-0.2, -0.15) is 0 Å². The molecule has 7 nitrogen and oxygen atoms in total. The van der Waals surface area contributed by atoms with Gasteiger partial charge in [-0.15, -0.1) is 0 Å². The zero-order valence-corrected chi connectivity index (χ0v) is 18.7. The molecule has 0 saturated carbocycles. The van der Waals surface area contributed by atoms with Gasteiger partial charge in [0, 0.05) is 29.8 Å². The van der Waals surface area contributed by atoms with Gasteiger partial charge in [0.25, 0.3) is 0 Å². The average molecular weight is 423 g/mol. The van der Waals surface area contributed by atoms with E-state index in [9.17, 15) is 9.59 Å². The molecule has 0 aliphatic carbocycles. The number of rotatable bonds is 6. The van der Waals surface area contributed by atoms with Crippen LogP contribution in [0.4, 0.5) is 5.82 Å². The van der Waals surface area contributed by atoms with Crippen LogP contribution in [0.5, 0.6) is 5.75 Å². The van der Waals surface area contributed by atoms with Gasteiger partial charge in [0.2, 0.25) is 11.8 Å². The van der Waals surface area contributed by atoms with Crippen molar-refractivity contribution < 1.29 is 14.3 Å². The van der Waals surface area contributed by atoms with Gasteiger partial charge in [0.15, 0.2) is 5.82 Å². The lowest BCUT2D eigenvalue weighted by molar-refractivity contribution is -0.133. The van der Waals surface area contributed by atoms with E-state index in [2.05, 4.69) is 13.8 Å². The van der Waals surface area contributed by atoms with Crippen molar-refractivity contribution >= 4 is 17.6 Å². The maximum Gasteiger partial charge on any atom is 0.233 e.